The van der Waals surface area contributed by atoms with Gasteiger partial charge in [0.2, 0.25) is 12.7 Å². The lowest BCUT2D eigenvalue weighted by atomic mass is 10.1. The number of Topliss-reactive ketones (excluding diaryl/α,β-unsaturated/α-hetero) is 1. The number of rotatable bonds is 10. The van der Waals surface area contributed by atoms with Gasteiger partial charge in [0.15, 0.2) is 30.5 Å². The molecule has 0 saturated carbocycles. The van der Waals surface area contributed by atoms with Gasteiger partial charge in [-0.15, -0.1) is 0 Å². The second-order valence-electron chi connectivity index (χ2n) is 9.11. The number of nitrogens with one attached hydrogen (secondary N) is 1. The molecule has 0 saturated heterocycles. The Hall–Kier alpha value is -4.53. The molecule has 0 aliphatic carbocycles. The zero-order chi connectivity index (χ0) is 26.5. The van der Waals surface area contributed by atoms with Crippen LogP contribution in [0.3, 0.4) is 0 Å². The van der Waals surface area contributed by atoms with Gasteiger partial charge >= 0.3 is 0 Å². The Morgan fingerprint density at radius 1 is 0.974 bits per heavy atom. The summed E-state index contributed by atoms with van der Waals surface area (Å²) in [6, 6.07) is 18.0. The second-order valence-corrected chi connectivity index (χ2v) is 9.11. The summed E-state index contributed by atoms with van der Waals surface area (Å²) in [7, 11) is 0. The SMILES string of the molecule is Cc1cccc(OCC(=O)c2ccc3c(c2)N(CCCC(=O)NCc2ccc4c(c2)OCO4)C(=O)CO3)c1. The fraction of sp³-hybridized carbons (Fsp3) is 0.276. The minimum absolute atomic E-state index is 0.0902. The van der Waals surface area contributed by atoms with E-state index < -0.39 is 0 Å². The Balaban J connectivity index is 1.15. The summed E-state index contributed by atoms with van der Waals surface area (Å²) in [5.41, 5.74) is 2.88. The highest BCUT2D eigenvalue weighted by Gasteiger charge is 2.26. The molecule has 38 heavy (non-hydrogen) atoms. The lowest BCUT2D eigenvalue weighted by molar-refractivity contribution is -0.123. The van der Waals surface area contributed by atoms with Crippen LogP contribution in [0.15, 0.2) is 60.7 Å². The predicted octanol–water partition coefficient (Wildman–Crippen LogP) is 3.81. The topological polar surface area (TPSA) is 103 Å². The molecule has 196 valence electrons. The number of hydrogen-bond acceptors (Lipinski definition) is 7. The third-order valence-corrected chi connectivity index (χ3v) is 6.30. The van der Waals surface area contributed by atoms with Crippen molar-refractivity contribution < 1.29 is 33.3 Å². The van der Waals surface area contributed by atoms with E-state index in [9.17, 15) is 14.4 Å². The Kier molecular flexibility index (Phi) is 7.44. The normalized spacial score (nSPS) is 13.5. The molecular weight excluding hydrogens is 488 g/mol. The third kappa shape index (κ3) is 5.88. The lowest BCUT2D eigenvalue weighted by Crippen LogP contribution is -2.40. The van der Waals surface area contributed by atoms with Crippen molar-refractivity contribution >= 4 is 23.3 Å². The maximum Gasteiger partial charge on any atom is 0.265 e. The van der Waals surface area contributed by atoms with Crippen LogP contribution in [-0.4, -0.2) is 44.1 Å². The predicted molar refractivity (Wildman–Crippen MR) is 139 cm³/mol. The molecule has 0 radical (unpaired) electrons. The summed E-state index contributed by atoms with van der Waals surface area (Å²) < 4.78 is 21.9. The Morgan fingerprint density at radius 3 is 2.68 bits per heavy atom. The first kappa shape index (κ1) is 25.1. The van der Waals surface area contributed by atoms with Crippen LogP contribution in [0.4, 0.5) is 5.69 Å². The van der Waals surface area contributed by atoms with Gasteiger partial charge in [-0.05, 0) is 66.9 Å². The van der Waals surface area contributed by atoms with E-state index in [-0.39, 0.29) is 44.0 Å². The van der Waals surface area contributed by atoms with Gasteiger partial charge in [0.05, 0.1) is 5.69 Å². The van der Waals surface area contributed by atoms with Crippen molar-refractivity contribution in [3.05, 3.63) is 77.4 Å². The molecule has 0 aromatic heterocycles. The molecule has 0 bridgehead atoms. The minimum Gasteiger partial charge on any atom is -0.485 e. The Bertz CT molecular complexity index is 1370. The van der Waals surface area contributed by atoms with E-state index in [1.54, 1.807) is 29.2 Å². The van der Waals surface area contributed by atoms with Gasteiger partial charge in [0, 0.05) is 25.1 Å². The number of hydrogen-bond donors (Lipinski definition) is 1. The van der Waals surface area contributed by atoms with E-state index in [0.717, 1.165) is 11.1 Å². The van der Waals surface area contributed by atoms with E-state index in [0.29, 0.717) is 53.8 Å². The monoisotopic (exact) mass is 516 g/mol. The maximum absolute atomic E-state index is 12.8. The number of carbonyl (C=O) groups excluding carboxylic acids is 3. The van der Waals surface area contributed by atoms with Crippen LogP contribution >= 0.6 is 0 Å². The molecule has 0 unspecified atom stereocenters. The molecule has 1 N–H and O–H groups in total. The molecule has 2 amide bonds. The average molecular weight is 517 g/mol. The van der Waals surface area contributed by atoms with Crippen molar-refractivity contribution in [2.45, 2.75) is 26.3 Å². The van der Waals surface area contributed by atoms with Crippen LogP contribution in [0.5, 0.6) is 23.0 Å². The molecule has 0 fully saturated rings. The standard InChI is InChI=1S/C29H28N2O7/c1-19-4-2-5-22(12-19)35-16-24(32)21-8-10-25-23(14-21)31(29(34)17-36-25)11-3-6-28(33)30-15-20-7-9-26-27(13-20)38-18-37-26/h2,4-5,7-10,12-14H,3,6,11,15-18H2,1H3,(H,30,33). The maximum atomic E-state index is 12.8. The highest BCUT2D eigenvalue weighted by molar-refractivity contribution is 6.02. The highest BCUT2D eigenvalue weighted by atomic mass is 16.7. The molecular formula is C29H28N2O7. The lowest BCUT2D eigenvalue weighted by Gasteiger charge is -2.29. The summed E-state index contributed by atoms with van der Waals surface area (Å²) >= 11 is 0. The minimum atomic E-state index is -0.223. The number of amides is 2. The van der Waals surface area contributed by atoms with Crippen molar-refractivity contribution in [3.8, 4) is 23.0 Å². The van der Waals surface area contributed by atoms with Crippen molar-refractivity contribution in [2.24, 2.45) is 0 Å². The van der Waals surface area contributed by atoms with Gasteiger partial charge < -0.3 is 29.2 Å². The molecule has 5 rings (SSSR count). The van der Waals surface area contributed by atoms with Crippen molar-refractivity contribution in [1.82, 2.24) is 5.32 Å². The van der Waals surface area contributed by atoms with Crippen LogP contribution < -0.4 is 29.2 Å². The van der Waals surface area contributed by atoms with Crippen molar-refractivity contribution in [3.63, 3.8) is 0 Å². The van der Waals surface area contributed by atoms with Crippen LogP contribution in [0, 0.1) is 6.92 Å². The largest absolute Gasteiger partial charge is 0.485 e. The molecule has 2 aliphatic heterocycles. The van der Waals surface area contributed by atoms with E-state index in [2.05, 4.69) is 5.32 Å². The molecule has 0 spiro atoms. The van der Waals surface area contributed by atoms with Crippen LogP contribution in [-0.2, 0) is 16.1 Å². The summed E-state index contributed by atoms with van der Waals surface area (Å²) in [6.07, 6.45) is 0.695. The number of ketones is 1. The number of fused-ring (bicyclic) bond motifs is 2. The molecule has 2 heterocycles. The zero-order valence-corrected chi connectivity index (χ0v) is 21.0. The summed E-state index contributed by atoms with van der Waals surface area (Å²) in [5.74, 6) is 1.94. The third-order valence-electron chi connectivity index (χ3n) is 6.30. The number of anilines is 1. The number of carbonyl (C=O) groups is 3. The van der Waals surface area contributed by atoms with Crippen molar-refractivity contribution in [2.75, 3.05) is 31.5 Å². The summed E-state index contributed by atoms with van der Waals surface area (Å²) in [6.45, 7) is 2.63. The van der Waals surface area contributed by atoms with Gasteiger partial charge in [-0.2, -0.15) is 0 Å². The van der Waals surface area contributed by atoms with E-state index in [4.69, 9.17) is 18.9 Å². The van der Waals surface area contributed by atoms with Gasteiger partial charge in [-0.3, -0.25) is 14.4 Å². The Labute approximate surface area is 220 Å². The first-order chi connectivity index (χ1) is 18.5. The van der Waals surface area contributed by atoms with Gasteiger partial charge in [0.25, 0.3) is 5.91 Å². The quantitative estimate of drug-likeness (QED) is 0.409. The van der Waals surface area contributed by atoms with Crippen LogP contribution in [0.2, 0.25) is 0 Å². The number of nitrogens with zero attached hydrogens (tertiary/aromatic N) is 1. The average Bonchev–Trinajstić information content (AvgIpc) is 3.39. The van der Waals surface area contributed by atoms with Crippen LogP contribution in [0.25, 0.3) is 0 Å². The molecule has 3 aromatic rings. The van der Waals surface area contributed by atoms with Crippen molar-refractivity contribution in [1.29, 1.82) is 0 Å². The summed E-state index contributed by atoms with van der Waals surface area (Å²) in [4.78, 5) is 39.4. The van der Waals surface area contributed by atoms with Gasteiger partial charge in [-0.25, -0.2) is 0 Å². The van der Waals surface area contributed by atoms with E-state index in [1.165, 1.54) is 0 Å². The number of aryl methyl sites for hydroxylation is 1. The Morgan fingerprint density at radius 2 is 1.82 bits per heavy atom. The summed E-state index contributed by atoms with van der Waals surface area (Å²) in [5, 5.41) is 2.89. The van der Waals surface area contributed by atoms with Gasteiger partial charge in [0.1, 0.15) is 11.5 Å². The van der Waals surface area contributed by atoms with Crippen LogP contribution in [0.1, 0.15) is 34.3 Å². The van der Waals surface area contributed by atoms with E-state index >= 15 is 0 Å². The van der Waals surface area contributed by atoms with E-state index in [1.807, 2.05) is 43.3 Å². The molecule has 9 heteroatoms. The second kappa shape index (κ2) is 11.2. The first-order valence-corrected chi connectivity index (χ1v) is 12.4. The fourth-order valence-corrected chi connectivity index (χ4v) is 4.30. The molecule has 9 nitrogen and oxygen atoms in total. The number of ether oxygens (including phenoxy) is 4. The smallest absolute Gasteiger partial charge is 0.265 e. The highest BCUT2D eigenvalue weighted by Crippen LogP contribution is 2.34. The first-order valence-electron chi connectivity index (χ1n) is 12.4. The number of benzene rings is 3. The van der Waals surface area contributed by atoms with Gasteiger partial charge in [-0.1, -0.05) is 18.2 Å². The molecule has 0 atom stereocenters. The zero-order valence-electron chi connectivity index (χ0n) is 21.0. The molecule has 3 aromatic carbocycles. The fourth-order valence-electron chi connectivity index (χ4n) is 4.30. The molecule has 2 aliphatic rings.